The van der Waals surface area contributed by atoms with Gasteiger partial charge in [-0.25, -0.2) is 0 Å². The van der Waals surface area contributed by atoms with Gasteiger partial charge in [0, 0.05) is 0 Å². The molecule has 0 aromatic carbocycles. The van der Waals surface area contributed by atoms with Crippen LogP contribution in [0, 0.1) is 0 Å². The van der Waals surface area contributed by atoms with Crippen LogP contribution in [0.3, 0.4) is 0 Å². The van der Waals surface area contributed by atoms with Crippen LogP contribution >= 0.6 is 0 Å². The summed E-state index contributed by atoms with van der Waals surface area (Å²) >= 11 is 0. The van der Waals surface area contributed by atoms with E-state index in [0.717, 1.165) is 6.42 Å². The highest BCUT2D eigenvalue weighted by molar-refractivity contribution is 5.36. The predicted molar refractivity (Wildman–Crippen MR) is 142 cm³/mol. The average molecular weight is 453 g/mol. The number of carbonyl (C=O) groups excluding carboxylic acids is 1. The number of hydrogen-bond donors (Lipinski definition) is 0. The van der Waals surface area contributed by atoms with Gasteiger partial charge in [0.15, 0.2) is 0 Å². The fraction of sp³-hybridized carbons (Fsp3) is 0.967. The van der Waals surface area contributed by atoms with Crippen molar-refractivity contribution in [3.05, 3.63) is 0 Å². The van der Waals surface area contributed by atoms with Crippen molar-refractivity contribution in [1.82, 2.24) is 0 Å². The van der Waals surface area contributed by atoms with E-state index in [0.29, 0.717) is 13.1 Å². The van der Waals surface area contributed by atoms with E-state index in [1.807, 2.05) is 0 Å². The Kier molecular flexibility index (Phi) is 30.0. The molecule has 192 valence electrons. The van der Waals surface area contributed by atoms with Crippen LogP contribution in [0.1, 0.15) is 180 Å². The molecule has 0 spiro atoms. The van der Waals surface area contributed by atoms with Gasteiger partial charge in [-0.15, -0.1) is 0 Å². The molecule has 0 aliphatic carbocycles. The van der Waals surface area contributed by atoms with Crippen LogP contribution in [-0.2, 0) is 9.53 Å². The molecule has 0 N–H and O–H groups in total. The lowest BCUT2D eigenvalue weighted by Gasteiger charge is -2.04. The first-order chi connectivity index (χ1) is 15.9. The second-order valence-corrected chi connectivity index (χ2v) is 10.2. The van der Waals surface area contributed by atoms with Crippen molar-refractivity contribution in [3.63, 3.8) is 0 Å². The second kappa shape index (κ2) is 30.5. The molecule has 0 atom stereocenters. The molecular weight excluding hydrogens is 392 g/mol. The summed E-state index contributed by atoms with van der Waals surface area (Å²) < 4.78 is 4.71. The Morgan fingerprint density at radius 3 is 0.812 bits per heavy atom. The molecule has 0 saturated heterocycles. The first-order valence-corrected chi connectivity index (χ1v) is 15.0. The smallest absolute Gasteiger partial charge is 0.293 e. The van der Waals surface area contributed by atoms with E-state index in [1.165, 1.54) is 167 Å². The van der Waals surface area contributed by atoms with E-state index in [9.17, 15) is 4.79 Å². The van der Waals surface area contributed by atoms with E-state index >= 15 is 0 Å². The molecule has 0 amide bonds. The van der Waals surface area contributed by atoms with Gasteiger partial charge >= 0.3 is 0 Å². The zero-order chi connectivity index (χ0) is 23.2. The highest BCUT2D eigenvalue weighted by Crippen LogP contribution is 2.16. The third-order valence-electron chi connectivity index (χ3n) is 6.93. The third kappa shape index (κ3) is 29.5. The van der Waals surface area contributed by atoms with E-state index < -0.39 is 0 Å². The Morgan fingerprint density at radius 1 is 0.375 bits per heavy atom. The van der Waals surface area contributed by atoms with Gasteiger partial charge < -0.3 is 4.74 Å². The highest BCUT2D eigenvalue weighted by atomic mass is 16.5. The standard InChI is InChI=1S/C30H60O2/c1-2-3-4-5-6-7-8-9-10-11-12-13-14-15-16-17-18-19-20-21-22-23-24-25-26-27-28-29-32-30-31/h30H,2-29H2,1H3. The molecule has 0 bridgehead atoms. The van der Waals surface area contributed by atoms with Gasteiger partial charge in [-0.2, -0.15) is 0 Å². The van der Waals surface area contributed by atoms with Crippen molar-refractivity contribution in [3.8, 4) is 0 Å². The minimum Gasteiger partial charge on any atom is -0.468 e. The lowest BCUT2D eigenvalue weighted by atomic mass is 10.0. The second-order valence-electron chi connectivity index (χ2n) is 10.2. The number of hydrogen-bond acceptors (Lipinski definition) is 2. The predicted octanol–water partition coefficient (Wildman–Crippen LogP) is 10.7. The van der Waals surface area contributed by atoms with Gasteiger partial charge in [-0.3, -0.25) is 4.79 Å². The molecule has 0 unspecified atom stereocenters. The number of rotatable bonds is 29. The molecule has 0 aliphatic rings. The van der Waals surface area contributed by atoms with Crippen LogP contribution in [0.4, 0.5) is 0 Å². The first kappa shape index (κ1) is 31.5. The Bertz CT molecular complexity index is 329. The van der Waals surface area contributed by atoms with Gasteiger partial charge in [0.25, 0.3) is 6.47 Å². The maximum absolute atomic E-state index is 10.0. The minimum absolute atomic E-state index is 0.556. The zero-order valence-corrected chi connectivity index (χ0v) is 22.2. The van der Waals surface area contributed by atoms with Gasteiger partial charge in [-0.05, 0) is 6.42 Å². The lowest BCUT2D eigenvalue weighted by molar-refractivity contribution is -0.128. The normalized spacial score (nSPS) is 11.2. The average Bonchev–Trinajstić information content (AvgIpc) is 2.81. The number of unbranched alkanes of at least 4 members (excludes halogenated alkanes) is 26. The summed E-state index contributed by atoms with van der Waals surface area (Å²) in [5, 5.41) is 0. The van der Waals surface area contributed by atoms with Crippen molar-refractivity contribution in [1.29, 1.82) is 0 Å². The molecular formula is C30H60O2. The molecule has 32 heavy (non-hydrogen) atoms. The molecule has 0 saturated carbocycles. The Labute approximate surface area is 203 Å². The molecule has 0 radical (unpaired) electrons. The van der Waals surface area contributed by atoms with Crippen LogP contribution < -0.4 is 0 Å². The molecule has 2 nitrogen and oxygen atoms in total. The van der Waals surface area contributed by atoms with E-state index in [-0.39, 0.29) is 0 Å². The fourth-order valence-corrected chi connectivity index (χ4v) is 4.73. The summed E-state index contributed by atoms with van der Waals surface area (Å²) in [5.41, 5.74) is 0. The molecule has 0 rings (SSSR count). The molecule has 0 fully saturated rings. The molecule has 0 aromatic rings. The summed E-state index contributed by atoms with van der Waals surface area (Å²) in [6.45, 7) is 3.46. The summed E-state index contributed by atoms with van der Waals surface area (Å²) in [6, 6.07) is 0. The van der Waals surface area contributed by atoms with Crippen LogP contribution in [-0.4, -0.2) is 13.1 Å². The van der Waals surface area contributed by atoms with Gasteiger partial charge in [0.1, 0.15) is 0 Å². The van der Waals surface area contributed by atoms with Crippen LogP contribution in [0.15, 0.2) is 0 Å². The Hall–Kier alpha value is -0.530. The summed E-state index contributed by atoms with van der Waals surface area (Å²) in [7, 11) is 0. The van der Waals surface area contributed by atoms with Crippen molar-refractivity contribution in [2.75, 3.05) is 6.61 Å². The number of ether oxygens (including phenoxy) is 1. The van der Waals surface area contributed by atoms with Crippen molar-refractivity contribution in [2.45, 2.75) is 180 Å². The molecule has 2 heteroatoms. The maximum atomic E-state index is 10.0. The van der Waals surface area contributed by atoms with Crippen LogP contribution in [0.25, 0.3) is 0 Å². The molecule has 0 heterocycles. The third-order valence-corrected chi connectivity index (χ3v) is 6.93. The molecule has 0 aliphatic heterocycles. The zero-order valence-electron chi connectivity index (χ0n) is 22.2. The van der Waals surface area contributed by atoms with Crippen molar-refractivity contribution in [2.24, 2.45) is 0 Å². The van der Waals surface area contributed by atoms with E-state index in [1.54, 1.807) is 0 Å². The van der Waals surface area contributed by atoms with Gasteiger partial charge in [0.2, 0.25) is 0 Å². The molecule has 0 aromatic heterocycles. The van der Waals surface area contributed by atoms with E-state index in [4.69, 9.17) is 4.74 Å². The van der Waals surface area contributed by atoms with Gasteiger partial charge in [-0.1, -0.05) is 174 Å². The van der Waals surface area contributed by atoms with Crippen molar-refractivity contribution >= 4 is 6.47 Å². The summed E-state index contributed by atoms with van der Waals surface area (Å²) in [6.07, 6.45) is 38.3. The summed E-state index contributed by atoms with van der Waals surface area (Å²) in [5.74, 6) is 0. The highest BCUT2D eigenvalue weighted by Gasteiger charge is 1.96. The van der Waals surface area contributed by atoms with Crippen molar-refractivity contribution < 1.29 is 9.53 Å². The van der Waals surface area contributed by atoms with Crippen LogP contribution in [0.2, 0.25) is 0 Å². The lowest BCUT2D eigenvalue weighted by Crippen LogP contribution is -1.91. The quantitative estimate of drug-likeness (QED) is 0.0833. The topological polar surface area (TPSA) is 26.3 Å². The monoisotopic (exact) mass is 452 g/mol. The fourth-order valence-electron chi connectivity index (χ4n) is 4.73. The first-order valence-electron chi connectivity index (χ1n) is 15.0. The Balaban J connectivity index is 2.99. The SMILES string of the molecule is CCCCCCCCCCCCCCCCCCCCCCCCCCCCCOC=O. The maximum Gasteiger partial charge on any atom is 0.293 e. The largest absolute Gasteiger partial charge is 0.468 e. The van der Waals surface area contributed by atoms with Gasteiger partial charge in [0.05, 0.1) is 6.61 Å². The Morgan fingerprint density at radius 2 is 0.594 bits per heavy atom. The number of carbonyl (C=O) groups is 1. The van der Waals surface area contributed by atoms with E-state index in [2.05, 4.69) is 6.92 Å². The summed E-state index contributed by atoms with van der Waals surface area (Å²) in [4.78, 5) is 10.0. The minimum atomic E-state index is 0.556. The van der Waals surface area contributed by atoms with Crippen LogP contribution in [0.5, 0.6) is 0 Å².